The molecule has 0 radical (unpaired) electrons. The first-order valence-corrected chi connectivity index (χ1v) is 6.61. The molecule has 0 bridgehead atoms. The molecule has 0 saturated heterocycles. The predicted octanol–water partition coefficient (Wildman–Crippen LogP) is 3.50. The zero-order valence-corrected chi connectivity index (χ0v) is 11.8. The maximum Gasteiger partial charge on any atom is 0.0236 e. The van der Waals surface area contributed by atoms with Gasteiger partial charge in [0.15, 0.2) is 0 Å². The van der Waals surface area contributed by atoms with Crippen LogP contribution in [-0.2, 0) is 6.54 Å². The first-order chi connectivity index (χ1) is 7.08. The van der Waals surface area contributed by atoms with Crippen LogP contribution in [0.1, 0.15) is 29.5 Å². The first-order valence-electron chi connectivity index (χ1n) is 5.54. The zero-order chi connectivity index (χ0) is 11.0. The van der Waals surface area contributed by atoms with E-state index in [2.05, 4.69) is 60.5 Å². The SMILES string of the molecule is Cc1cc(CN(C)C2CC2)c(C)cc1I. The molecule has 15 heavy (non-hydrogen) atoms. The van der Waals surface area contributed by atoms with Gasteiger partial charge in [0.1, 0.15) is 0 Å². The Hall–Kier alpha value is -0.0900. The van der Waals surface area contributed by atoms with Gasteiger partial charge in [0.05, 0.1) is 0 Å². The summed E-state index contributed by atoms with van der Waals surface area (Å²) in [5.41, 5.74) is 4.32. The van der Waals surface area contributed by atoms with Crippen LogP contribution in [0.2, 0.25) is 0 Å². The Morgan fingerprint density at radius 3 is 2.53 bits per heavy atom. The van der Waals surface area contributed by atoms with E-state index in [0.717, 1.165) is 12.6 Å². The number of halogens is 1. The quantitative estimate of drug-likeness (QED) is 0.772. The van der Waals surface area contributed by atoms with Crippen molar-refractivity contribution in [3.63, 3.8) is 0 Å². The largest absolute Gasteiger partial charge is 0.299 e. The van der Waals surface area contributed by atoms with Crippen LogP contribution in [0.5, 0.6) is 0 Å². The molecule has 0 aliphatic heterocycles. The van der Waals surface area contributed by atoms with E-state index in [-0.39, 0.29) is 0 Å². The minimum absolute atomic E-state index is 0.851. The van der Waals surface area contributed by atoms with E-state index in [0.29, 0.717) is 0 Å². The number of hydrogen-bond donors (Lipinski definition) is 0. The van der Waals surface area contributed by atoms with Crippen molar-refractivity contribution in [1.82, 2.24) is 4.90 Å². The van der Waals surface area contributed by atoms with Gasteiger partial charge in [-0.2, -0.15) is 0 Å². The highest BCUT2D eigenvalue weighted by atomic mass is 127. The van der Waals surface area contributed by atoms with E-state index in [1.807, 2.05) is 0 Å². The summed E-state index contributed by atoms with van der Waals surface area (Å²) in [7, 11) is 2.24. The van der Waals surface area contributed by atoms with E-state index in [1.165, 1.54) is 33.1 Å². The molecule has 1 fully saturated rings. The van der Waals surface area contributed by atoms with E-state index < -0.39 is 0 Å². The maximum atomic E-state index is 2.48. The van der Waals surface area contributed by atoms with Crippen molar-refractivity contribution in [3.05, 3.63) is 32.4 Å². The van der Waals surface area contributed by atoms with E-state index in [4.69, 9.17) is 0 Å². The monoisotopic (exact) mass is 315 g/mol. The van der Waals surface area contributed by atoms with Gasteiger partial charge in [0.2, 0.25) is 0 Å². The zero-order valence-electron chi connectivity index (χ0n) is 9.68. The van der Waals surface area contributed by atoms with Crippen molar-refractivity contribution in [1.29, 1.82) is 0 Å². The third-order valence-corrected chi connectivity index (χ3v) is 4.37. The van der Waals surface area contributed by atoms with Crippen molar-refractivity contribution < 1.29 is 0 Å². The molecule has 0 heterocycles. The Kier molecular flexibility index (Phi) is 3.36. The van der Waals surface area contributed by atoms with Crippen molar-refractivity contribution in [2.24, 2.45) is 0 Å². The Balaban J connectivity index is 2.16. The van der Waals surface area contributed by atoms with E-state index >= 15 is 0 Å². The van der Waals surface area contributed by atoms with Crippen LogP contribution in [0.4, 0.5) is 0 Å². The van der Waals surface area contributed by atoms with E-state index in [9.17, 15) is 0 Å². The van der Waals surface area contributed by atoms with Crippen LogP contribution in [-0.4, -0.2) is 18.0 Å². The Morgan fingerprint density at radius 1 is 1.27 bits per heavy atom. The molecule has 1 aromatic carbocycles. The standard InChI is InChI=1S/C13H18IN/c1-9-7-13(14)10(2)6-11(9)8-15(3)12-4-5-12/h6-7,12H,4-5,8H2,1-3H3. The third kappa shape index (κ3) is 2.72. The molecule has 82 valence electrons. The fourth-order valence-corrected chi connectivity index (χ4v) is 2.55. The van der Waals surface area contributed by atoms with Gasteiger partial charge < -0.3 is 0 Å². The van der Waals surface area contributed by atoms with Gasteiger partial charge in [-0.3, -0.25) is 4.90 Å². The molecule has 0 atom stereocenters. The van der Waals surface area contributed by atoms with Crippen molar-refractivity contribution in [3.8, 4) is 0 Å². The Morgan fingerprint density at radius 2 is 1.93 bits per heavy atom. The summed E-state index contributed by atoms with van der Waals surface area (Å²) in [5.74, 6) is 0. The lowest BCUT2D eigenvalue weighted by atomic mass is 10.1. The number of rotatable bonds is 3. The Labute approximate surface area is 106 Å². The molecular weight excluding hydrogens is 297 g/mol. The van der Waals surface area contributed by atoms with Crippen LogP contribution in [0, 0.1) is 17.4 Å². The van der Waals surface area contributed by atoms with Gasteiger partial charge in [0, 0.05) is 16.2 Å². The van der Waals surface area contributed by atoms with Gasteiger partial charge >= 0.3 is 0 Å². The number of benzene rings is 1. The van der Waals surface area contributed by atoms with Crippen LogP contribution < -0.4 is 0 Å². The maximum absolute atomic E-state index is 2.48. The van der Waals surface area contributed by atoms with Crippen LogP contribution in [0.3, 0.4) is 0 Å². The molecule has 1 aliphatic rings. The molecule has 2 rings (SSSR count). The highest BCUT2D eigenvalue weighted by Crippen LogP contribution is 2.28. The fourth-order valence-electron chi connectivity index (χ4n) is 1.92. The van der Waals surface area contributed by atoms with E-state index in [1.54, 1.807) is 0 Å². The molecular formula is C13H18IN. The molecule has 2 heteroatoms. The average molecular weight is 315 g/mol. The minimum Gasteiger partial charge on any atom is -0.299 e. The van der Waals surface area contributed by atoms with Gasteiger partial charge in [-0.1, -0.05) is 6.07 Å². The summed E-state index contributed by atoms with van der Waals surface area (Å²) in [6, 6.07) is 5.49. The van der Waals surface area contributed by atoms with Gasteiger partial charge in [-0.05, 0) is 79.1 Å². The normalized spacial score (nSPS) is 16.1. The molecule has 0 N–H and O–H groups in total. The summed E-state index contributed by atoms with van der Waals surface area (Å²) in [5, 5.41) is 0. The van der Waals surface area contributed by atoms with Crippen LogP contribution in [0.15, 0.2) is 12.1 Å². The topological polar surface area (TPSA) is 3.24 Å². The molecule has 0 spiro atoms. The lowest BCUT2D eigenvalue weighted by Crippen LogP contribution is -2.20. The second kappa shape index (κ2) is 4.42. The predicted molar refractivity (Wildman–Crippen MR) is 73.1 cm³/mol. The fraction of sp³-hybridized carbons (Fsp3) is 0.538. The minimum atomic E-state index is 0.851. The van der Waals surface area contributed by atoms with Gasteiger partial charge in [-0.15, -0.1) is 0 Å². The summed E-state index contributed by atoms with van der Waals surface area (Å²) < 4.78 is 1.38. The average Bonchev–Trinajstić information content (AvgIpc) is 2.97. The highest BCUT2D eigenvalue weighted by Gasteiger charge is 2.26. The third-order valence-electron chi connectivity index (χ3n) is 3.21. The lowest BCUT2D eigenvalue weighted by Gasteiger charge is -2.18. The van der Waals surface area contributed by atoms with Gasteiger partial charge in [0.25, 0.3) is 0 Å². The number of nitrogens with zero attached hydrogens (tertiary/aromatic N) is 1. The summed E-state index contributed by atoms with van der Waals surface area (Å²) in [6.07, 6.45) is 2.78. The first kappa shape index (κ1) is 11.4. The summed E-state index contributed by atoms with van der Waals surface area (Å²) in [6.45, 7) is 5.52. The second-order valence-corrected chi connectivity index (χ2v) is 5.84. The Bertz CT molecular complexity index is 369. The summed E-state index contributed by atoms with van der Waals surface area (Å²) >= 11 is 2.41. The molecule has 0 amide bonds. The smallest absolute Gasteiger partial charge is 0.0236 e. The number of aryl methyl sites for hydroxylation is 2. The highest BCUT2D eigenvalue weighted by molar-refractivity contribution is 14.1. The molecule has 1 aliphatic carbocycles. The number of hydrogen-bond acceptors (Lipinski definition) is 1. The second-order valence-electron chi connectivity index (χ2n) is 4.67. The molecule has 1 saturated carbocycles. The lowest BCUT2D eigenvalue weighted by molar-refractivity contribution is 0.315. The van der Waals surface area contributed by atoms with Crippen molar-refractivity contribution >= 4 is 22.6 Å². The van der Waals surface area contributed by atoms with Crippen molar-refractivity contribution in [2.45, 2.75) is 39.3 Å². The van der Waals surface area contributed by atoms with Crippen LogP contribution >= 0.6 is 22.6 Å². The van der Waals surface area contributed by atoms with Crippen molar-refractivity contribution in [2.75, 3.05) is 7.05 Å². The van der Waals surface area contributed by atoms with Gasteiger partial charge in [-0.25, -0.2) is 0 Å². The summed E-state index contributed by atoms with van der Waals surface area (Å²) in [4.78, 5) is 2.48. The molecule has 1 nitrogen and oxygen atoms in total. The molecule has 0 unspecified atom stereocenters. The van der Waals surface area contributed by atoms with Crippen LogP contribution in [0.25, 0.3) is 0 Å². The molecule has 1 aromatic rings. The molecule has 0 aromatic heterocycles.